The van der Waals surface area contributed by atoms with Crippen molar-refractivity contribution in [3.05, 3.63) is 24.0 Å². The predicted molar refractivity (Wildman–Crippen MR) is 74.3 cm³/mol. The summed E-state index contributed by atoms with van der Waals surface area (Å²) >= 11 is 0. The van der Waals surface area contributed by atoms with Crippen LogP contribution >= 0.6 is 10.7 Å². The first kappa shape index (κ1) is 18.3. The molecule has 0 bridgehead atoms. The van der Waals surface area contributed by atoms with Crippen molar-refractivity contribution in [1.29, 1.82) is 0 Å². The van der Waals surface area contributed by atoms with Gasteiger partial charge in [0.1, 0.15) is 20.5 Å². The van der Waals surface area contributed by atoms with Gasteiger partial charge in [0.05, 0.1) is 10.6 Å². The molecular weight excluding hydrogens is 369 g/mol. The number of hydrogen-bond donors (Lipinski definition) is 1. The van der Waals surface area contributed by atoms with Gasteiger partial charge in [-0.05, 0) is 18.2 Å². The van der Waals surface area contributed by atoms with Crippen LogP contribution in [0.4, 0.5) is 4.39 Å². The minimum absolute atomic E-state index is 0.434. The van der Waals surface area contributed by atoms with Crippen LogP contribution < -0.4 is 4.72 Å². The Balaban J connectivity index is 3.05. The summed E-state index contributed by atoms with van der Waals surface area (Å²) in [6.07, 6.45) is 0.919. The van der Waals surface area contributed by atoms with E-state index >= 15 is 0 Å². The van der Waals surface area contributed by atoms with E-state index < -0.39 is 56.8 Å². The third-order valence-corrected chi connectivity index (χ3v) is 6.03. The van der Waals surface area contributed by atoms with Gasteiger partial charge in [0.15, 0.2) is 0 Å². The Kier molecular flexibility index (Phi) is 5.37. The second-order valence-corrected chi connectivity index (χ2v) is 10.6. The molecule has 0 radical (unpaired) electrons. The highest BCUT2D eigenvalue weighted by atomic mass is 35.7. The molecule has 120 valence electrons. The molecule has 12 heteroatoms. The Bertz CT molecular complexity index is 847. The summed E-state index contributed by atoms with van der Waals surface area (Å²) in [5, 5.41) is 0. The van der Waals surface area contributed by atoms with Gasteiger partial charge in [-0.2, -0.15) is 0 Å². The first-order valence-corrected chi connectivity index (χ1v) is 11.1. The number of nitrogens with one attached hydrogen (secondary N) is 1. The molecule has 1 aromatic carbocycles. The van der Waals surface area contributed by atoms with Crippen molar-refractivity contribution >= 4 is 39.6 Å². The van der Waals surface area contributed by atoms with Gasteiger partial charge in [0.2, 0.25) is 10.0 Å². The smallest absolute Gasteiger partial charge is 0.229 e. The van der Waals surface area contributed by atoms with E-state index in [-0.39, 0.29) is 0 Å². The number of halogens is 2. The lowest BCUT2D eigenvalue weighted by molar-refractivity contribution is 0.554. The fourth-order valence-electron chi connectivity index (χ4n) is 1.29. The van der Waals surface area contributed by atoms with Gasteiger partial charge in [0, 0.05) is 23.5 Å². The molecule has 1 aromatic rings. The van der Waals surface area contributed by atoms with E-state index in [0.717, 1.165) is 18.4 Å². The summed E-state index contributed by atoms with van der Waals surface area (Å²) in [5.41, 5.74) is 0. The van der Waals surface area contributed by atoms with Crippen LogP contribution in [-0.4, -0.2) is 43.8 Å². The van der Waals surface area contributed by atoms with Crippen LogP contribution in [0, 0.1) is 5.82 Å². The van der Waals surface area contributed by atoms with Crippen LogP contribution in [0.5, 0.6) is 0 Å². The lowest BCUT2D eigenvalue weighted by atomic mass is 10.3. The monoisotopic (exact) mass is 379 g/mol. The molecule has 1 rings (SSSR count). The quantitative estimate of drug-likeness (QED) is 0.700. The fourth-order valence-corrected chi connectivity index (χ4v) is 3.74. The average molecular weight is 380 g/mol. The second kappa shape index (κ2) is 6.16. The maximum Gasteiger partial charge on any atom is 0.261 e. The fraction of sp³-hybridized carbons (Fsp3) is 0.333. The summed E-state index contributed by atoms with van der Waals surface area (Å²) in [6.45, 7) is -0.434. The van der Waals surface area contributed by atoms with E-state index in [2.05, 4.69) is 0 Å². The minimum atomic E-state index is -4.30. The van der Waals surface area contributed by atoms with Crippen molar-refractivity contribution in [2.24, 2.45) is 0 Å². The van der Waals surface area contributed by atoms with Crippen molar-refractivity contribution in [2.45, 2.75) is 9.79 Å². The number of sulfone groups is 1. The average Bonchev–Trinajstić information content (AvgIpc) is 2.24. The highest BCUT2D eigenvalue weighted by Crippen LogP contribution is 2.21. The van der Waals surface area contributed by atoms with Gasteiger partial charge in [-0.25, -0.2) is 34.4 Å². The van der Waals surface area contributed by atoms with Gasteiger partial charge in [-0.15, -0.1) is 0 Å². The zero-order valence-electron chi connectivity index (χ0n) is 10.6. The third kappa shape index (κ3) is 5.51. The van der Waals surface area contributed by atoms with E-state index in [9.17, 15) is 29.6 Å². The molecule has 1 N–H and O–H groups in total. The van der Waals surface area contributed by atoms with E-state index in [0.29, 0.717) is 6.07 Å². The Morgan fingerprint density at radius 3 is 2.14 bits per heavy atom. The highest BCUT2D eigenvalue weighted by molar-refractivity contribution is 8.13. The van der Waals surface area contributed by atoms with Crippen LogP contribution in [0.15, 0.2) is 28.0 Å². The summed E-state index contributed by atoms with van der Waals surface area (Å²) in [5.74, 6) is -1.77. The second-order valence-electron chi connectivity index (χ2n) is 4.06. The maximum absolute atomic E-state index is 13.7. The van der Waals surface area contributed by atoms with E-state index in [1.54, 1.807) is 0 Å². The van der Waals surface area contributed by atoms with Crippen molar-refractivity contribution in [3.63, 3.8) is 0 Å². The van der Waals surface area contributed by atoms with Gasteiger partial charge >= 0.3 is 0 Å². The summed E-state index contributed by atoms with van der Waals surface area (Å²) in [4.78, 5) is -1.39. The molecule has 7 nitrogen and oxygen atoms in total. The van der Waals surface area contributed by atoms with Crippen molar-refractivity contribution in [3.8, 4) is 0 Å². The van der Waals surface area contributed by atoms with Crippen molar-refractivity contribution < 1.29 is 29.6 Å². The molecule has 0 spiro atoms. The molecule has 0 aliphatic carbocycles. The number of hydrogen-bond acceptors (Lipinski definition) is 6. The first-order valence-electron chi connectivity index (χ1n) is 5.24. The molecule has 0 fully saturated rings. The Morgan fingerprint density at radius 1 is 1.14 bits per heavy atom. The molecule has 0 aliphatic rings. The van der Waals surface area contributed by atoms with Gasteiger partial charge in [0.25, 0.3) is 9.05 Å². The molecule has 0 unspecified atom stereocenters. The molecule has 0 atom stereocenters. The van der Waals surface area contributed by atoms with Crippen molar-refractivity contribution in [2.75, 3.05) is 18.6 Å². The SMILES string of the molecule is CS(=O)(=O)CCNS(=O)(=O)c1ccc(S(=O)(=O)Cl)cc1F. The summed E-state index contributed by atoms with van der Waals surface area (Å²) in [7, 11) is -6.87. The third-order valence-electron chi connectivity index (χ3n) is 2.24. The van der Waals surface area contributed by atoms with Crippen LogP contribution in [0.3, 0.4) is 0 Å². The summed E-state index contributed by atoms with van der Waals surface area (Å²) < 4.78 is 82.9. The lowest BCUT2D eigenvalue weighted by Gasteiger charge is -2.08. The maximum atomic E-state index is 13.7. The number of sulfonamides is 1. The molecule has 0 aliphatic heterocycles. The molecule has 0 saturated carbocycles. The standard InChI is InChI=1S/C9H11ClFNO6S3/c1-19(13,14)5-4-12-21(17,18)9-3-2-7(6-8(9)11)20(10,15)16/h2-3,6,12H,4-5H2,1H3. The lowest BCUT2D eigenvalue weighted by Crippen LogP contribution is -2.29. The van der Waals surface area contributed by atoms with E-state index in [1.807, 2.05) is 4.72 Å². The molecular formula is C9H11ClFNO6S3. The van der Waals surface area contributed by atoms with Crippen LogP contribution in [0.1, 0.15) is 0 Å². The van der Waals surface area contributed by atoms with Crippen molar-refractivity contribution in [1.82, 2.24) is 4.72 Å². The van der Waals surface area contributed by atoms with Gasteiger partial charge in [-0.3, -0.25) is 0 Å². The Morgan fingerprint density at radius 2 is 1.71 bits per heavy atom. The van der Waals surface area contributed by atoms with E-state index in [4.69, 9.17) is 10.7 Å². The normalized spacial score (nSPS) is 13.3. The number of benzene rings is 1. The highest BCUT2D eigenvalue weighted by Gasteiger charge is 2.22. The van der Waals surface area contributed by atoms with Gasteiger partial charge in [-0.1, -0.05) is 0 Å². The van der Waals surface area contributed by atoms with Crippen LogP contribution in [-0.2, 0) is 28.9 Å². The molecule has 0 aromatic heterocycles. The zero-order valence-corrected chi connectivity index (χ0v) is 13.8. The minimum Gasteiger partial charge on any atom is -0.229 e. The molecule has 0 heterocycles. The molecule has 21 heavy (non-hydrogen) atoms. The van der Waals surface area contributed by atoms with Crippen LogP contribution in [0.25, 0.3) is 0 Å². The molecule has 0 saturated heterocycles. The topological polar surface area (TPSA) is 114 Å². The van der Waals surface area contributed by atoms with Gasteiger partial charge < -0.3 is 0 Å². The van der Waals surface area contributed by atoms with E-state index in [1.165, 1.54) is 0 Å². The summed E-state index contributed by atoms with van der Waals surface area (Å²) in [6, 6.07) is 2.03. The first-order chi connectivity index (χ1) is 9.33. The Labute approximate surface area is 126 Å². The Hall–Kier alpha value is -0.750. The molecule has 0 amide bonds. The predicted octanol–water partition coefficient (Wildman–Crippen LogP) is 0.0761. The zero-order chi connectivity index (χ0) is 16.5. The number of rotatable bonds is 6. The van der Waals surface area contributed by atoms with Crippen LogP contribution in [0.2, 0.25) is 0 Å². The largest absolute Gasteiger partial charge is 0.261 e.